The van der Waals surface area contributed by atoms with Crippen LogP contribution in [0.2, 0.25) is 0 Å². The summed E-state index contributed by atoms with van der Waals surface area (Å²) >= 11 is 1.19. The number of nitrogens with zero attached hydrogens (tertiary/aromatic N) is 4. The molecule has 1 atom stereocenters. The predicted molar refractivity (Wildman–Crippen MR) is 108 cm³/mol. The molecule has 10 heteroatoms. The van der Waals surface area contributed by atoms with Crippen LogP contribution in [0.4, 0.5) is 5.82 Å². The van der Waals surface area contributed by atoms with Gasteiger partial charge in [-0.15, -0.1) is 11.3 Å². The summed E-state index contributed by atoms with van der Waals surface area (Å²) in [5.74, 6) is 0.346. The molecule has 3 heterocycles. The van der Waals surface area contributed by atoms with Gasteiger partial charge in [0, 0.05) is 17.2 Å². The Balaban J connectivity index is 1.64. The van der Waals surface area contributed by atoms with E-state index in [1.54, 1.807) is 26.0 Å². The lowest BCUT2D eigenvalue weighted by Crippen LogP contribution is -2.27. The van der Waals surface area contributed by atoms with Crippen molar-refractivity contribution in [3.05, 3.63) is 51.7 Å². The topological polar surface area (TPSA) is 123 Å². The molecule has 3 rings (SSSR count). The zero-order chi connectivity index (χ0) is 21.2. The summed E-state index contributed by atoms with van der Waals surface area (Å²) in [7, 11) is 0. The maximum atomic E-state index is 12.5. The van der Waals surface area contributed by atoms with E-state index in [1.165, 1.54) is 23.9 Å². The summed E-state index contributed by atoms with van der Waals surface area (Å²) in [6.07, 6.45) is 2.81. The summed E-state index contributed by atoms with van der Waals surface area (Å²) in [5, 5.41) is 10.00. The first-order valence-electron chi connectivity index (χ1n) is 8.97. The van der Waals surface area contributed by atoms with Crippen molar-refractivity contribution in [2.45, 2.75) is 46.1 Å². The Hall–Kier alpha value is -3.14. The zero-order valence-corrected chi connectivity index (χ0v) is 17.6. The first kappa shape index (κ1) is 20.6. The normalized spacial score (nSPS) is 12.4. The van der Waals surface area contributed by atoms with Crippen LogP contribution < -0.4 is 10.6 Å². The Kier molecular flexibility index (Phi) is 5.73. The number of nitrogens with one attached hydrogen (secondary N) is 2. The standard InChI is InChI=1S/C19H22N6O3S/c1-10-6-12(22-9-21-10)16(26)23-11(2)18-20-8-13(29-18)17(27)24-15-7-14(28-25-15)19(3,4)5/h6-9,11H,1-5H3,(H,23,26)(H,24,25,27). The van der Waals surface area contributed by atoms with Gasteiger partial charge in [-0.05, 0) is 19.9 Å². The molecule has 0 aliphatic carbocycles. The second-order valence-corrected chi connectivity index (χ2v) is 8.65. The molecule has 0 aliphatic rings. The monoisotopic (exact) mass is 414 g/mol. The van der Waals surface area contributed by atoms with Gasteiger partial charge in [0.15, 0.2) is 5.82 Å². The minimum atomic E-state index is -0.385. The van der Waals surface area contributed by atoms with Gasteiger partial charge < -0.3 is 15.2 Å². The molecule has 152 valence electrons. The number of carbonyl (C=O) groups is 2. The van der Waals surface area contributed by atoms with E-state index >= 15 is 0 Å². The van der Waals surface area contributed by atoms with Crippen molar-refractivity contribution in [3.8, 4) is 0 Å². The molecular weight excluding hydrogens is 392 g/mol. The molecule has 0 spiro atoms. The first-order valence-corrected chi connectivity index (χ1v) is 9.79. The second kappa shape index (κ2) is 8.08. The highest BCUT2D eigenvalue weighted by Crippen LogP contribution is 2.25. The fourth-order valence-electron chi connectivity index (χ4n) is 2.37. The molecule has 3 aromatic heterocycles. The van der Waals surface area contributed by atoms with Gasteiger partial charge in [0.1, 0.15) is 27.7 Å². The Labute approximate surface area is 172 Å². The summed E-state index contributed by atoms with van der Waals surface area (Å²) in [6, 6.07) is 2.92. The number of anilines is 1. The maximum absolute atomic E-state index is 12.5. The highest BCUT2D eigenvalue weighted by atomic mass is 32.1. The summed E-state index contributed by atoms with van der Waals surface area (Å²) < 4.78 is 5.27. The van der Waals surface area contributed by atoms with Crippen LogP contribution >= 0.6 is 11.3 Å². The van der Waals surface area contributed by atoms with Crippen molar-refractivity contribution in [2.24, 2.45) is 0 Å². The molecule has 9 nitrogen and oxygen atoms in total. The van der Waals surface area contributed by atoms with Crippen LogP contribution in [0.1, 0.15) is 70.4 Å². The predicted octanol–water partition coefficient (Wildman–Crippen LogP) is 3.27. The molecule has 0 aromatic carbocycles. The molecule has 0 fully saturated rings. The van der Waals surface area contributed by atoms with Crippen molar-refractivity contribution < 1.29 is 14.1 Å². The van der Waals surface area contributed by atoms with Gasteiger partial charge in [-0.2, -0.15) is 0 Å². The number of hydrogen-bond donors (Lipinski definition) is 2. The highest BCUT2D eigenvalue weighted by molar-refractivity contribution is 7.13. The van der Waals surface area contributed by atoms with E-state index in [0.717, 1.165) is 0 Å². The third kappa shape index (κ3) is 5.02. The lowest BCUT2D eigenvalue weighted by molar-refractivity contribution is 0.0933. The molecule has 0 radical (unpaired) electrons. The Morgan fingerprint density at radius 1 is 1.14 bits per heavy atom. The Bertz CT molecular complexity index is 1040. The highest BCUT2D eigenvalue weighted by Gasteiger charge is 2.22. The van der Waals surface area contributed by atoms with E-state index in [1.807, 2.05) is 20.8 Å². The van der Waals surface area contributed by atoms with E-state index in [-0.39, 0.29) is 29.0 Å². The van der Waals surface area contributed by atoms with Crippen molar-refractivity contribution in [1.29, 1.82) is 0 Å². The van der Waals surface area contributed by atoms with Gasteiger partial charge in [0.25, 0.3) is 11.8 Å². The number of rotatable bonds is 5. The molecular formula is C19H22N6O3S. The number of aromatic nitrogens is 4. The van der Waals surface area contributed by atoms with Gasteiger partial charge in [0.05, 0.1) is 12.2 Å². The van der Waals surface area contributed by atoms with E-state index in [9.17, 15) is 9.59 Å². The summed E-state index contributed by atoms with van der Waals surface area (Å²) in [4.78, 5) is 37.4. The molecule has 0 bridgehead atoms. The number of carbonyl (C=O) groups excluding carboxylic acids is 2. The van der Waals surface area contributed by atoms with Crippen molar-refractivity contribution in [1.82, 2.24) is 25.4 Å². The van der Waals surface area contributed by atoms with Crippen LogP contribution in [0.15, 0.2) is 29.2 Å². The summed E-state index contributed by atoms with van der Waals surface area (Å²) in [5.41, 5.74) is 0.775. The SMILES string of the molecule is Cc1cc(C(=O)NC(C)c2ncc(C(=O)Nc3cc(C(C)(C)C)on3)s2)ncn1. The molecule has 2 N–H and O–H groups in total. The fourth-order valence-corrected chi connectivity index (χ4v) is 3.18. The van der Waals surface area contributed by atoms with Gasteiger partial charge in [-0.3, -0.25) is 9.59 Å². The average molecular weight is 414 g/mol. The molecule has 3 aromatic rings. The number of thiazole rings is 1. The van der Waals surface area contributed by atoms with Gasteiger partial charge in [0.2, 0.25) is 0 Å². The van der Waals surface area contributed by atoms with Crippen LogP contribution in [-0.4, -0.2) is 31.9 Å². The van der Waals surface area contributed by atoms with Crippen LogP contribution in [0.5, 0.6) is 0 Å². The van der Waals surface area contributed by atoms with Crippen LogP contribution in [0, 0.1) is 6.92 Å². The minimum Gasteiger partial charge on any atom is -0.359 e. The third-order valence-electron chi connectivity index (χ3n) is 3.99. The smallest absolute Gasteiger partial charge is 0.270 e. The molecule has 0 aliphatic heterocycles. The van der Waals surface area contributed by atoms with Crippen LogP contribution in [0.25, 0.3) is 0 Å². The van der Waals surface area contributed by atoms with E-state index in [0.29, 0.717) is 27.2 Å². The van der Waals surface area contributed by atoms with Crippen molar-refractivity contribution >= 4 is 29.0 Å². The van der Waals surface area contributed by atoms with E-state index < -0.39 is 0 Å². The number of aryl methyl sites for hydroxylation is 1. The quantitative estimate of drug-likeness (QED) is 0.657. The van der Waals surface area contributed by atoms with Crippen molar-refractivity contribution in [3.63, 3.8) is 0 Å². The average Bonchev–Trinajstić information content (AvgIpc) is 3.31. The van der Waals surface area contributed by atoms with Gasteiger partial charge in [-0.1, -0.05) is 25.9 Å². The van der Waals surface area contributed by atoms with Crippen molar-refractivity contribution in [2.75, 3.05) is 5.32 Å². The van der Waals surface area contributed by atoms with Crippen LogP contribution in [0.3, 0.4) is 0 Å². The minimum absolute atomic E-state index is 0.205. The van der Waals surface area contributed by atoms with Gasteiger partial charge in [-0.25, -0.2) is 15.0 Å². The lowest BCUT2D eigenvalue weighted by atomic mass is 9.93. The lowest BCUT2D eigenvalue weighted by Gasteiger charge is -2.11. The number of hydrogen-bond acceptors (Lipinski definition) is 8. The first-order chi connectivity index (χ1) is 13.6. The molecule has 0 saturated heterocycles. The zero-order valence-electron chi connectivity index (χ0n) is 16.8. The second-order valence-electron chi connectivity index (χ2n) is 7.58. The largest absolute Gasteiger partial charge is 0.359 e. The Morgan fingerprint density at radius 3 is 2.55 bits per heavy atom. The van der Waals surface area contributed by atoms with E-state index in [4.69, 9.17) is 4.52 Å². The molecule has 29 heavy (non-hydrogen) atoms. The fraction of sp³-hybridized carbons (Fsp3) is 0.368. The van der Waals surface area contributed by atoms with Gasteiger partial charge >= 0.3 is 0 Å². The van der Waals surface area contributed by atoms with Crippen LogP contribution in [-0.2, 0) is 5.41 Å². The molecule has 2 amide bonds. The van der Waals surface area contributed by atoms with E-state index in [2.05, 4.69) is 30.7 Å². The maximum Gasteiger partial charge on any atom is 0.270 e. The molecule has 0 saturated carbocycles. The third-order valence-corrected chi connectivity index (χ3v) is 5.17. The summed E-state index contributed by atoms with van der Waals surface area (Å²) in [6.45, 7) is 9.56. The molecule has 1 unspecified atom stereocenters. The Morgan fingerprint density at radius 2 is 1.90 bits per heavy atom. The number of amides is 2.